The number of ether oxygens (including phenoxy) is 1. The number of nitrogens with one attached hydrogen (secondary N) is 1. The first-order valence-corrected chi connectivity index (χ1v) is 7.80. The molecular formula is C16H22N4O4. The topological polar surface area (TPSA) is 140 Å². The molecule has 0 aliphatic carbocycles. The summed E-state index contributed by atoms with van der Waals surface area (Å²) in [4.78, 5) is 26.7. The highest BCUT2D eigenvalue weighted by molar-refractivity contribution is 5.96. The number of carboxylic acids is 1. The molecule has 0 bridgehead atoms. The molecule has 6 N–H and O–H groups in total. The number of hydrogen-bond donors (Lipinski definition) is 4. The fourth-order valence-corrected chi connectivity index (χ4v) is 2.58. The lowest BCUT2D eigenvalue weighted by Gasteiger charge is -2.25. The van der Waals surface area contributed by atoms with Gasteiger partial charge in [-0.15, -0.1) is 0 Å². The van der Waals surface area contributed by atoms with Crippen molar-refractivity contribution >= 4 is 23.5 Å². The molecule has 0 radical (unpaired) electrons. The van der Waals surface area contributed by atoms with E-state index >= 15 is 0 Å². The molecule has 0 saturated heterocycles. The molecule has 1 heterocycles. The average Bonchev–Trinajstić information content (AvgIpc) is 2.52. The third-order valence-corrected chi connectivity index (χ3v) is 3.79. The Morgan fingerprint density at radius 2 is 2.25 bits per heavy atom. The first-order valence-electron chi connectivity index (χ1n) is 7.80. The summed E-state index contributed by atoms with van der Waals surface area (Å²) < 4.78 is 5.75. The van der Waals surface area contributed by atoms with Crippen molar-refractivity contribution in [2.45, 2.75) is 38.8 Å². The maximum atomic E-state index is 12.0. The number of carboxylic acid groups (broad SMARTS) is 1. The Labute approximate surface area is 139 Å². The maximum Gasteiger partial charge on any atom is 0.303 e. The summed E-state index contributed by atoms with van der Waals surface area (Å²) in [6.45, 7) is 1.90. The van der Waals surface area contributed by atoms with Gasteiger partial charge < -0.3 is 26.6 Å². The van der Waals surface area contributed by atoms with Crippen molar-refractivity contribution < 1.29 is 19.4 Å². The third-order valence-electron chi connectivity index (χ3n) is 3.79. The molecule has 1 amide bonds. The van der Waals surface area contributed by atoms with E-state index in [-0.39, 0.29) is 24.2 Å². The van der Waals surface area contributed by atoms with Crippen molar-refractivity contribution in [1.29, 1.82) is 0 Å². The fraction of sp³-hybridized carbons (Fsp3) is 0.438. The number of aliphatic imine (C=N–C) groups is 1. The van der Waals surface area contributed by atoms with Crippen molar-refractivity contribution in [1.82, 2.24) is 0 Å². The van der Waals surface area contributed by atoms with Crippen LogP contribution in [0.5, 0.6) is 5.75 Å². The Morgan fingerprint density at radius 1 is 1.50 bits per heavy atom. The van der Waals surface area contributed by atoms with Crippen molar-refractivity contribution in [3.8, 4) is 5.75 Å². The van der Waals surface area contributed by atoms with Gasteiger partial charge in [0.05, 0.1) is 0 Å². The van der Waals surface area contributed by atoms with Gasteiger partial charge in [-0.2, -0.15) is 0 Å². The van der Waals surface area contributed by atoms with Crippen LogP contribution in [0.1, 0.15) is 31.7 Å². The van der Waals surface area contributed by atoms with E-state index in [4.69, 9.17) is 21.3 Å². The molecule has 0 fully saturated rings. The SMILES string of the molecule is CCC(N=C(N)N)Oc1ccc2c(c1)CC(CCC(=O)O)C(=O)N2. The largest absolute Gasteiger partial charge is 0.481 e. The zero-order chi connectivity index (χ0) is 17.7. The van der Waals surface area contributed by atoms with E-state index in [1.165, 1.54) is 0 Å². The lowest BCUT2D eigenvalue weighted by Crippen LogP contribution is -2.30. The van der Waals surface area contributed by atoms with Crippen molar-refractivity contribution in [2.24, 2.45) is 22.4 Å². The number of hydrogen-bond acceptors (Lipinski definition) is 4. The molecule has 0 aromatic heterocycles. The van der Waals surface area contributed by atoms with E-state index in [1.807, 2.05) is 13.0 Å². The lowest BCUT2D eigenvalue weighted by molar-refractivity contribution is -0.137. The second-order valence-corrected chi connectivity index (χ2v) is 5.68. The molecular weight excluding hydrogens is 312 g/mol. The van der Waals surface area contributed by atoms with Crippen molar-refractivity contribution in [2.75, 3.05) is 5.32 Å². The van der Waals surface area contributed by atoms with E-state index in [0.29, 0.717) is 30.7 Å². The highest BCUT2D eigenvalue weighted by Crippen LogP contribution is 2.31. The van der Waals surface area contributed by atoms with E-state index in [2.05, 4.69) is 10.3 Å². The molecule has 1 aromatic rings. The van der Waals surface area contributed by atoms with E-state index < -0.39 is 12.2 Å². The van der Waals surface area contributed by atoms with Gasteiger partial charge in [0.25, 0.3) is 0 Å². The molecule has 24 heavy (non-hydrogen) atoms. The summed E-state index contributed by atoms with van der Waals surface area (Å²) in [5.74, 6) is -0.860. The zero-order valence-corrected chi connectivity index (χ0v) is 13.5. The Morgan fingerprint density at radius 3 is 2.88 bits per heavy atom. The minimum atomic E-state index is -0.909. The predicted molar refractivity (Wildman–Crippen MR) is 89.7 cm³/mol. The highest BCUT2D eigenvalue weighted by Gasteiger charge is 2.27. The minimum Gasteiger partial charge on any atom is -0.481 e. The molecule has 2 rings (SSSR count). The number of fused-ring (bicyclic) bond motifs is 1. The van der Waals surface area contributed by atoms with Crippen LogP contribution in [0.3, 0.4) is 0 Å². The van der Waals surface area contributed by atoms with Crippen LogP contribution in [0.25, 0.3) is 0 Å². The third kappa shape index (κ3) is 4.61. The van der Waals surface area contributed by atoms with E-state index in [1.54, 1.807) is 12.1 Å². The number of guanidine groups is 1. The molecule has 1 aliphatic rings. The predicted octanol–water partition coefficient (Wildman–Crippen LogP) is 1.05. The Hall–Kier alpha value is -2.77. The zero-order valence-electron chi connectivity index (χ0n) is 13.5. The normalized spacial score (nSPS) is 17.4. The van der Waals surface area contributed by atoms with Crippen LogP contribution >= 0.6 is 0 Å². The Kier molecular flexibility index (Phi) is 5.62. The smallest absolute Gasteiger partial charge is 0.303 e. The second kappa shape index (κ2) is 7.67. The van der Waals surface area contributed by atoms with Crippen LogP contribution in [0.4, 0.5) is 5.69 Å². The van der Waals surface area contributed by atoms with Gasteiger partial charge >= 0.3 is 5.97 Å². The van der Waals surface area contributed by atoms with Crippen molar-refractivity contribution in [3.63, 3.8) is 0 Å². The first-order chi connectivity index (χ1) is 11.4. The van der Waals surface area contributed by atoms with Gasteiger partial charge in [-0.3, -0.25) is 9.59 Å². The Balaban J connectivity index is 2.12. The summed E-state index contributed by atoms with van der Waals surface area (Å²) in [6, 6.07) is 5.33. The number of rotatable bonds is 7. The molecule has 0 spiro atoms. The van der Waals surface area contributed by atoms with Crippen LogP contribution in [0, 0.1) is 5.92 Å². The molecule has 0 saturated carbocycles. The number of anilines is 1. The summed E-state index contributed by atoms with van der Waals surface area (Å²) >= 11 is 0. The number of carbonyl (C=O) groups is 2. The van der Waals surface area contributed by atoms with E-state index in [9.17, 15) is 9.59 Å². The molecule has 130 valence electrons. The quantitative estimate of drug-likeness (QED) is 0.434. The molecule has 8 nitrogen and oxygen atoms in total. The Bertz CT molecular complexity index is 655. The second-order valence-electron chi connectivity index (χ2n) is 5.68. The number of nitrogens with zero attached hydrogens (tertiary/aromatic N) is 1. The standard InChI is InChI=1S/C16H22N4O4/c1-2-13(20-16(17)18)24-11-4-5-12-10(8-11)7-9(15(23)19-12)3-6-14(21)22/h4-5,8-9,13H,2-3,6-7H2,1H3,(H,19,23)(H,21,22)(H4,17,18,20). The number of benzene rings is 1. The van der Waals surface area contributed by atoms with Gasteiger partial charge in [0.15, 0.2) is 12.2 Å². The molecule has 2 atom stereocenters. The molecule has 1 aliphatic heterocycles. The minimum absolute atomic E-state index is 0.0357. The van der Waals surface area contributed by atoms with Crippen LogP contribution in [0.2, 0.25) is 0 Å². The van der Waals surface area contributed by atoms with Crippen molar-refractivity contribution in [3.05, 3.63) is 23.8 Å². The number of amides is 1. The van der Waals surface area contributed by atoms with Gasteiger partial charge in [0.1, 0.15) is 5.75 Å². The van der Waals surface area contributed by atoms with Gasteiger partial charge in [0, 0.05) is 24.4 Å². The molecule has 2 unspecified atom stereocenters. The monoisotopic (exact) mass is 334 g/mol. The van der Waals surface area contributed by atoms with E-state index in [0.717, 1.165) is 5.56 Å². The summed E-state index contributed by atoms with van der Waals surface area (Å²) in [6.07, 6.45) is 0.870. The highest BCUT2D eigenvalue weighted by atomic mass is 16.5. The summed E-state index contributed by atoms with van der Waals surface area (Å²) in [7, 11) is 0. The number of aliphatic carboxylic acids is 1. The summed E-state index contributed by atoms with van der Waals surface area (Å²) in [5.41, 5.74) is 12.4. The maximum absolute atomic E-state index is 12.0. The first kappa shape index (κ1) is 17.6. The van der Waals surface area contributed by atoms with Gasteiger partial charge in [0.2, 0.25) is 5.91 Å². The fourth-order valence-electron chi connectivity index (χ4n) is 2.58. The average molecular weight is 334 g/mol. The van der Waals surface area contributed by atoms with Gasteiger partial charge in [-0.1, -0.05) is 6.92 Å². The number of carbonyl (C=O) groups excluding carboxylic acids is 1. The number of nitrogens with two attached hydrogens (primary N) is 2. The van der Waals surface area contributed by atoms with Gasteiger partial charge in [-0.25, -0.2) is 4.99 Å². The van der Waals surface area contributed by atoms with Crippen LogP contribution < -0.4 is 21.5 Å². The molecule has 8 heteroatoms. The van der Waals surface area contributed by atoms with Crippen LogP contribution in [-0.4, -0.2) is 29.2 Å². The summed E-state index contributed by atoms with van der Waals surface area (Å²) in [5, 5.41) is 11.6. The molecule has 1 aromatic carbocycles. The van der Waals surface area contributed by atoms with Crippen LogP contribution in [0.15, 0.2) is 23.2 Å². The van der Waals surface area contributed by atoms with Crippen LogP contribution in [-0.2, 0) is 16.0 Å². The lowest BCUT2D eigenvalue weighted by atomic mass is 9.89. The van der Waals surface area contributed by atoms with Gasteiger partial charge in [-0.05, 0) is 36.6 Å².